The highest BCUT2D eigenvalue weighted by Crippen LogP contribution is 2.32. The van der Waals surface area contributed by atoms with Crippen molar-refractivity contribution in [2.45, 2.75) is 89.9 Å². The van der Waals surface area contributed by atoms with Crippen LogP contribution in [0.25, 0.3) is 0 Å². The first-order valence-electron chi connectivity index (χ1n) is 19.3. The van der Waals surface area contributed by atoms with Crippen LogP contribution in [0.2, 0.25) is 0 Å². The van der Waals surface area contributed by atoms with E-state index in [0.29, 0.717) is 11.8 Å². The maximum absolute atomic E-state index is 13.7. The molecule has 2 aromatic carbocycles. The van der Waals surface area contributed by atoms with E-state index < -0.39 is 0 Å². The SMILES string of the molecule is CN(C)c1ccc(NC(=O)N(CCC2=CCCCC2)CC2CCC(CN(CCC3=CCCCC3)C(=O)Nc3ccc(N(C)C)cc3)CC2)cc1. The van der Waals surface area contributed by atoms with Crippen molar-refractivity contribution in [3.8, 4) is 0 Å². The van der Waals surface area contributed by atoms with Crippen molar-refractivity contribution in [1.82, 2.24) is 9.80 Å². The van der Waals surface area contributed by atoms with Gasteiger partial charge >= 0.3 is 12.1 Å². The Labute approximate surface area is 302 Å². The van der Waals surface area contributed by atoms with E-state index in [9.17, 15) is 9.59 Å². The number of allylic oxidation sites excluding steroid dienone is 2. The lowest BCUT2D eigenvalue weighted by Crippen LogP contribution is -2.42. The molecule has 0 radical (unpaired) electrons. The van der Waals surface area contributed by atoms with E-state index in [4.69, 9.17) is 0 Å². The Balaban J connectivity index is 1.18. The summed E-state index contributed by atoms with van der Waals surface area (Å²) < 4.78 is 0. The normalized spacial score (nSPS) is 19.1. The number of benzene rings is 2. The lowest BCUT2D eigenvalue weighted by molar-refractivity contribution is 0.161. The summed E-state index contributed by atoms with van der Waals surface area (Å²) in [6.07, 6.45) is 20.8. The van der Waals surface area contributed by atoms with Crippen LogP contribution in [-0.4, -0.2) is 76.2 Å². The molecule has 8 nitrogen and oxygen atoms in total. The fourth-order valence-corrected chi connectivity index (χ4v) is 7.68. The van der Waals surface area contributed by atoms with Gasteiger partial charge in [-0.2, -0.15) is 0 Å². The highest BCUT2D eigenvalue weighted by atomic mass is 16.2. The smallest absolute Gasteiger partial charge is 0.321 e. The van der Waals surface area contributed by atoms with Crippen LogP contribution in [0.4, 0.5) is 32.3 Å². The number of urea groups is 2. The predicted molar refractivity (Wildman–Crippen MR) is 211 cm³/mol. The van der Waals surface area contributed by atoms with Crippen LogP contribution in [0.1, 0.15) is 89.9 Å². The van der Waals surface area contributed by atoms with Gasteiger partial charge < -0.3 is 30.2 Å². The number of nitrogens with one attached hydrogen (secondary N) is 2. The zero-order valence-corrected chi connectivity index (χ0v) is 31.3. The van der Waals surface area contributed by atoms with Crippen molar-refractivity contribution in [3.05, 3.63) is 71.8 Å². The fourth-order valence-electron chi connectivity index (χ4n) is 7.68. The molecule has 0 unspecified atom stereocenters. The average Bonchev–Trinajstić information content (AvgIpc) is 3.13. The Bertz CT molecular complexity index is 1310. The second kappa shape index (κ2) is 18.9. The molecule has 0 saturated heterocycles. The van der Waals surface area contributed by atoms with Crippen LogP contribution in [-0.2, 0) is 0 Å². The van der Waals surface area contributed by atoms with Crippen LogP contribution in [0.3, 0.4) is 0 Å². The van der Waals surface area contributed by atoms with Gasteiger partial charge in [0.1, 0.15) is 0 Å². The molecule has 8 heteroatoms. The molecule has 0 atom stereocenters. The molecule has 3 aliphatic rings. The quantitative estimate of drug-likeness (QED) is 0.195. The summed E-state index contributed by atoms with van der Waals surface area (Å²) in [6.45, 7) is 3.07. The van der Waals surface area contributed by atoms with E-state index in [1.807, 2.05) is 76.7 Å². The molecule has 2 aromatic rings. The second-order valence-corrected chi connectivity index (χ2v) is 15.2. The van der Waals surface area contributed by atoms with Crippen molar-refractivity contribution in [3.63, 3.8) is 0 Å². The minimum absolute atomic E-state index is 0.000357. The predicted octanol–water partition coefficient (Wildman–Crippen LogP) is 9.77. The minimum atomic E-state index is -0.000357. The molecule has 1 saturated carbocycles. The van der Waals surface area contributed by atoms with Crippen LogP contribution in [0.5, 0.6) is 0 Å². The summed E-state index contributed by atoms with van der Waals surface area (Å²) >= 11 is 0. The third-order valence-corrected chi connectivity index (χ3v) is 10.9. The average molecular weight is 683 g/mol. The zero-order chi connectivity index (χ0) is 35.3. The Morgan fingerprint density at radius 1 is 0.580 bits per heavy atom. The summed E-state index contributed by atoms with van der Waals surface area (Å²) in [6, 6.07) is 16.2. The van der Waals surface area contributed by atoms with Gasteiger partial charge in [-0.3, -0.25) is 0 Å². The fraction of sp³-hybridized carbons (Fsp3) is 0.571. The number of nitrogens with zero attached hydrogens (tertiary/aromatic N) is 4. The first kappa shape index (κ1) is 37.3. The summed E-state index contributed by atoms with van der Waals surface area (Å²) in [7, 11) is 8.10. The van der Waals surface area contributed by atoms with E-state index in [1.165, 1.54) is 49.7 Å². The summed E-state index contributed by atoms with van der Waals surface area (Å²) in [4.78, 5) is 35.7. The van der Waals surface area contributed by atoms with Crippen LogP contribution in [0.15, 0.2) is 71.8 Å². The van der Waals surface area contributed by atoms with Gasteiger partial charge in [-0.1, -0.05) is 23.3 Å². The van der Waals surface area contributed by atoms with E-state index >= 15 is 0 Å². The molecule has 272 valence electrons. The Kier molecular flexibility index (Phi) is 14.1. The molecule has 0 spiro atoms. The molecule has 0 heterocycles. The number of hydrogen-bond acceptors (Lipinski definition) is 4. The van der Waals surface area contributed by atoms with Gasteiger partial charge in [0.05, 0.1) is 0 Å². The Morgan fingerprint density at radius 3 is 1.28 bits per heavy atom. The minimum Gasteiger partial charge on any atom is -0.378 e. The molecule has 1 fully saturated rings. The second-order valence-electron chi connectivity index (χ2n) is 15.2. The number of anilines is 4. The molecule has 2 N–H and O–H groups in total. The van der Waals surface area contributed by atoms with E-state index in [0.717, 1.165) is 100 Å². The van der Waals surface area contributed by atoms with Crippen LogP contribution < -0.4 is 20.4 Å². The number of hydrogen-bond donors (Lipinski definition) is 2. The van der Waals surface area contributed by atoms with Gasteiger partial charge in [0, 0.05) is 77.1 Å². The van der Waals surface area contributed by atoms with Gasteiger partial charge in [-0.05, 0) is 150 Å². The van der Waals surface area contributed by atoms with E-state index in [2.05, 4.69) is 42.4 Å². The van der Waals surface area contributed by atoms with E-state index in [-0.39, 0.29) is 12.1 Å². The number of amides is 4. The van der Waals surface area contributed by atoms with Gasteiger partial charge in [-0.15, -0.1) is 0 Å². The molecule has 50 heavy (non-hydrogen) atoms. The third kappa shape index (κ3) is 11.6. The molecular formula is C42H62N6O2. The first-order chi connectivity index (χ1) is 24.2. The molecular weight excluding hydrogens is 621 g/mol. The van der Waals surface area contributed by atoms with Gasteiger partial charge in [-0.25, -0.2) is 9.59 Å². The van der Waals surface area contributed by atoms with Gasteiger partial charge in [0.15, 0.2) is 0 Å². The lowest BCUT2D eigenvalue weighted by atomic mass is 9.81. The molecule has 0 aromatic heterocycles. The summed E-state index contributed by atoms with van der Waals surface area (Å²) in [5.74, 6) is 0.941. The maximum atomic E-state index is 13.7. The Hall–Kier alpha value is -3.94. The third-order valence-electron chi connectivity index (χ3n) is 10.9. The van der Waals surface area contributed by atoms with Crippen LogP contribution >= 0.6 is 0 Å². The maximum Gasteiger partial charge on any atom is 0.321 e. The zero-order valence-electron chi connectivity index (χ0n) is 31.3. The van der Waals surface area contributed by atoms with Crippen molar-refractivity contribution in [2.24, 2.45) is 11.8 Å². The highest BCUT2D eigenvalue weighted by molar-refractivity contribution is 5.90. The van der Waals surface area contributed by atoms with Crippen molar-refractivity contribution in [1.29, 1.82) is 0 Å². The summed E-state index contributed by atoms with van der Waals surface area (Å²) in [5.41, 5.74) is 6.90. The number of carbonyl (C=O) groups excluding carboxylic acids is 2. The molecule has 3 aliphatic carbocycles. The van der Waals surface area contributed by atoms with Gasteiger partial charge in [0.25, 0.3) is 0 Å². The van der Waals surface area contributed by atoms with Crippen molar-refractivity contribution < 1.29 is 9.59 Å². The van der Waals surface area contributed by atoms with Gasteiger partial charge in [0.2, 0.25) is 0 Å². The van der Waals surface area contributed by atoms with Crippen molar-refractivity contribution >= 4 is 34.8 Å². The monoisotopic (exact) mass is 682 g/mol. The van der Waals surface area contributed by atoms with Crippen LogP contribution in [0, 0.1) is 11.8 Å². The van der Waals surface area contributed by atoms with E-state index in [1.54, 1.807) is 0 Å². The first-order valence-corrected chi connectivity index (χ1v) is 19.3. The molecule has 0 bridgehead atoms. The number of rotatable bonds is 14. The molecule has 5 rings (SSSR count). The number of carbonyl (C=O) groups is 2. The summed E-state index contributed by atoms with van der Waals surface area (Å²) in [5, 5.41) is 6.39. The molecule has 0 aliphatic heterocycles. The topological polar surface area (TPSA) is 71.2 Å². The molecule has 4 amide bonds. The highest BCUT2D eigenvalue weighted by Gasteiger charge is 2.28. The Morgan fingerprint density at radius 2 is 0.960 bits per heavy atom. The van der Waals surface area contributed by atoms with Crippen molar-refractivity contribution in [2.75, 3.05) is 74.8 Å². The lowest BCUT2D eigenvalue weighted by Gasteiger charge is -2.35. The largest absolute Gasteiger partial charge is 0.378 e. The standard InChI is InChI=1S/C42H62N6O2/c1-45(2)39-23-19-37(20-24-39)43-41(49)47(29-27-33-11-7-5-8-12-33)31-35-15-17-36(18-16-35)32-48(30-28-34-13-9-6-10-14-34)42(50)44-38-21-25-40(26-22-38)46(3)4/h11,13,19-26,35-36H,5-10,12,14-18,27-32H2,1-4H3,(H,43,49)(H,44,50).